The quantitative estimate of drug-likeness (QED) is 0.102. The molecule has 2 saturated carbocycles. The Hall–Kier alpha value is -2.26. The van der Waals surface area contributed by atoms with Crippen LogP contribution in [0.4, 0.5) is 0 Å². The highest BCUT2D eigenvalue weighted by Crippen LogP contribution is 2.59. The summed E-state index contributed by atoms with van der Waals surface area (Å²) in [7, 11) is 0. The number of thioether (sulfide) groups is 2. The molecular weight excluding hydrogens is 548 g/mol. The molecular formula is C31H40O7S2. The molecule has 0 amide bonds. The highest BCUT2D eigenvalue weighted by atomic mass is 32.2. The molecule has 0 aromatic heterocycles. The lowest BCUT2D eigenvalue weighted by atomic mass is 9.83. The summed E-state index contributed by atoms with van der Waals surface area (Å²) >= 11 is 2.38. The molecule has 1 aromatic rings. The molecule has 1 aliphatic heterocycles. The van der Waals surface area contributed by atoms with Crippen LogP contribution in [-0.2, 0) is 23.9 Å². The van der Waals surface area contributed by atoms with Gasteiger partial charge in [-0.05, 0) is 82.3 Å². The van der Waals surface area contributed by atoms with Gasteiger partial charge in [0, 0.05) is 5.92 Å². The van der Waals surface area contributed by atoms with Gasteiger partial charge in [-0.25, -0.2) is 4.79 Å². The van der Waals surface area contributed by atoms with E-state index >= 15 is 0 Å². The molecule has 40 heavy (non-hydrogen) atoms. The molecule has 218 valence electrons. The Morgan fingerprint density at radius 3 is 1.57 bits per heavy atom. The minimum atomic E-state index is -0.686. The van der Waals surface area contributed by atoms with Crippen molar-refractivity contribution in [1.82, 2.24) is 0 Å². The molecule has 1 aromatic carbocycles. The van der Waals surface area contributed by atoms with Gasteiger partial charge in [0.15, 0.2) is 5.78 Å². The third-order valence-corrected chi connectivity index (χ3v) is 10.6. The maximum absolute atomic E-state index is 13.1. The van der Waals surface area contributed by atoms with Gasteiger partial charge < -0.3 is 14.2 Å². The van der Waals surface area contributed by atoms with Gasteiger partial charge in [0.1, 0.15) is 17.1 Å². The second-order valence-corrected chi connectivity index (χ2v) is 13.9. The van der Waals surface area contributed by atoms with Crippen molar-refractivity contribution in [3.8, 4) is 11.5 Å². The summed E-state index contributed by atoms with van der Waals surface area (Å²) < 4.78 is 17.5. The van der Waals surface area contributed by atoms with E-state index in [1.54, 1.807) is 32.9 Å². The molecule has 0 bridgehead atoms. The molecule has 7 nitrogen and oxygen atoms in total. The minimum absolute atomic E-state index is 0.0276. The van der Waals surface area contributed by atoms with Crippen molar-refractivity contribution in [3.63, 3.8) is 0 Å². The van der Waals surface area contributed by atoms with Gasteiger partial charge in [-0.3, -0.25) is 14.4 Å². The van der Waals surface area contributed by atoms with Gasteiger partial charge in [-0.2, -0.15) is 0 Å². The number of esters is 3. The lowest BCUT2D eigenvalue weighted by Crippen LogP contribution is -2.25. The highest BCUT2D eigenvalue weighted by Gasteiger charge is 2.36. The average Bonchev–Trinajstić information content (AvgIpc) is 3.36. The third kappa shape index (κ3) is 7.14. The van der Waals surface area contributed by atoms with Gasteiger partial charge >= 0.3 is 17.9 Å². The Labute approximate surface area is 245 Å². The first kappa shape index (κ1) is 30.7. The summed E-state index contributed by atoms with van der Waals surface area (Å²) in [6.45, 7) is 9.69. The van der Waals surface area contributed by atoms with Crippen LogP contribution in [0.3, 0.4) is 0 Å². The van der Waals surface area contributed by atoms with Crippen LogP contribution in [0.1, 0.15) is 86.0 Å². The van der Waals surface area contributed by atoms with Gasteiger partial charge in [-0.1, -0.05) is 51.2 Å². The second-order valence-electron chi connectivity index (χ2n) is 11.6. The van der Waals surface area contributed by atoms with E-state index in [0.717, 1.165) is 51.4 Å². The Morgan fingerprint density at radius 1 is 0.775 bits per heavy atom. The molecule has 9 heteroatoms. The SMILES string of the molecule is CCOC(=O)C(C(=O)C(C)C)=C1Sc2c(OC(=O)C3CCC(C)CC3)ccc(OC(=O)C3CCC(C)CC3)c2S1. The van der Waals surface area contributed by atoms with Crippen molar-refractivity contribution in [3.05, 3.63) is 21.9 Å². The number of ketones is 1. The number of benzene rings is 1. The number of hydrogen-bond acceptors (Lipinski definition) is 9. The van der Waals surface area contributed by atoms with Crippen LogP contribution in [0, 0.1) is 29.6 Å². The monoisotopic (exact) mass is 588 g/mol. The lowest BCUT2D eigenvalue weighted by molar-refractivity contribution is -0.141. The van der Waals surface area contributed by atoms with Crippen molar-refractivity contribution < 1.29 is 33.4 Å². The molecule has 0 saturated heterocycles. The van der Waals surface area contributed by atoms with Crippen LogP contribution in [0.15, 0.2) is 31.7 Å². The molecule has 2 aliphatic carbocycles. The zero-order valence-electron chi connectivity index (χ0n) is 24.1. The van der Waals surface area contributed by atoms with E-state index in [0.29, 0.717) is 37.4 Å². The van der Waals surface area contributed by atoms with Gasteiger partial charge in [0.25, 0.3) is 0 Å². The lowest BCUT2D eigenvalue weighted by Gasteiger charge is -2.25. The van der Waals surface area contributed by atoms with Crippen molar-refractivity contribution in [1.29, 1.82) is 0 Å². The zero-order valence-corrected chi connectivity index (χ0v) is 25.7. The Bertz CT molecular complexity index is 1110. The molecule has 4 rings (SSSR count). The van der Waals surface area contributed by atoms with Gasteiger partial charge in [0.2, 0.25) is 0 Å². The average molecular weight is 589 g/mol. The van der Waals surface area contributed by atoms with Crippen molar-refractivity contribution in [2.75, 3.05) is 6.61 Å². The first-order chi connectivity index (χ1) is 19.1. The van der Waals surface area contributed by atoms with E-state index in [9.17, 15) is 19.2 Å². The van der Waals surface area contributed by atoms with Crippen LogP contribution in [-0.4, -0.2) is 30.3 Å². The fourth-order valence-corrected chi connectivity index (χ4v) is 8.01. The molecule has 2 fully saturated rings. The first-order valence-electron chi connectivity index (χ1n) is 14.5. The molecule has 0 atom stereocenters. The summed E-state index contributed by atoms with van der Waals surface area (Å²) in [6, 6.07) is 3.30. The predicted molar refractivity (Wildman–Crippen MR) is 155 cm³/mol. The molecule has 0 N–H and O–H groups in total. The predicted octanol–water partition coefficient (Wildman–Crippen LogP) is 7.35. The zero-order chi connectivity index (χ0) is 29.0. The van der Waals surface area contributed by atoms with Gasteiger partial charge in [0.05, 0.1) is 32.5 Å². The second kappa shape index (κ2) is 13.6. The summed E-state index contributed by atoms with van der Waals surface area (Å²) in [6.07, 6.45) is 7.13. The van der Waals surface area contributed by atoms with E-state index in [-0.39, 0.29) is 41.7 Å². The number of Topliss-reactive ketones (excluding diaryl/α,β-unsaturated/α-hetero) is 1. The number of carbonyl (C=O) groups excluding carboxylic acids is 4. The minimum Gasteiger partial charge on any atom is -0.462 e. The van der Waals surface area contributed by atoms with Crippen LogP contribution in [0.2, 0.25) is 0 Å². The topological polar surface area (TPSA) is 96.0 Å². The van der Waals surface area contributed by atoms with E-state index in [1.807, 2.05) is 0 Å². The summed E-state index contributed by atoms with van der Waals surface area (Å²) in [5.41, 5.74) is -0.0276. The maximum atomic E-state index is 13.1. The van der Waals surface area contributed by atoms with Gasteiger partial charge in [-0.15, -0.1) is 0 Å². The van der Waals surface area contributed by atoms with Crippen LogP contribution < -0.4 is 9.47 Å². The van der Waals surface area contributed by atoms with E-state index in [1.165, 1.54) is 23.5 Å². The number of hydrogen-bond donors (Lipinski definition) is 0. The first-order valence-corrected chi connectivity index (χ1v) is 16.1. The summed E-state index contributed by atoms with van der Waals surface area (Å²) in [5, 5.41) is 0. The van der Waals surface area contributed by atoms with Crippen LogP contribution >= 0.6 is 23.5 Å². The molecule has 0 unspecified atom stereocenters. The molecule has 0 radical (unpaired) electrons. The fourth-order valence-electron chi connectivity index (χ4n) is 5.34. The normalized spacial score (nSPS) is 24.3. The Balaban J connectivity index is 1.67. The smallest absolute Gasteiger partial charge is 0.343 e. The van der Waals surface area contributed by atoms with E-state index in [4.69, 9.17) is 14.2 Å². The molecule has 3 aliphatic rings. The van der Waals surface area contributed by atoms with Crippen molar-refractivity contribution in [2.24, 2.45) is 29.6 Å². The van der Waals surface area contributed by atoms with Crippen LogP contribution in [0.25, 0.3) is 0 Å². The number of fused-ring (bicyclic) bond motifs is 1. The number of carbonyl (C=O) groups is 4. The molecule has 1 heterocycles. The highest BCUT2D eigenvalue weighted by molar-refractivity contribution is 8.25. The Morgan fingerprint density at radius 2 is 1.20 bits per heavy atom. The van der Waals surface area contributed by atoms with Crippen molar-refractivity contribution in [2.45, 2.75) is 95.8 Å². The van der Waals surface area contributed by atoms with E-state index < -0.39 is 11.9 Å². The number of ether oxygens (including phenoxy) is 3. The largest absolute Gasteiger partial charge is 0.462 e. The summed E-state index contributed by atoms with van der Waals surface area (Å²) in [4.78, 5) is 53.4. The van der Waals surface area contributed by atoms with Crippen LogP contribution in [0.5, 0.6) is 11.5 Å². The third-order valence-electron chi connectivity index (χ3n) is 8.00. The van der Waals surface area contributed by atoms with E-state index in [2.05, 4.69) is 13.8 Å². The standard InChI is InChI=1S/C31H40O7S2/c1-6-36-30(35)24(25(32)17(2)3)31-39-26-22(37-28(33)20-11-7-18(4)8-12-20)15-16-23(27(26)40-31)38-29(34)21-13-9-19(5)10-14-21/h15-21H,6-14H2,1-5H3. The summed E-state index contributed by atoms with van der Waals surface area (Å²) in [5.74, 6) is -0.412. The molecule has 0 spiro atoms. The Kier molecular flexibility index (Phi) is 10.4. The maximum Gasteiger partial charge on any atom is 0.343 e. The number of rotatable bonds is 8. The van der Waals surface area contributed by atoms with Crippen molar-refractivity contribution >= 4 is 47.2 Å². The fraction of sp³-hybridized carbons (Fsp3) is 0.613.